The van der Waals surface area contributed by atoms with E-state index in [2.05, 4.69) is 28.6 Å². The lowest BCUT2D eigenvalue weighted by Crippen LogP contribution is -2.26. The van der Waals surface area contributed by atoms with Crippen LogP contribution in [0.5, 0.6) is 0 Å². The van der Waals surface area contributed by atoms with Gasteiger partial charge in [-0.2, -0.15) is 0 Å². The van der Waals surface area contributed by atoms with Crippen LogP contribution < -0.4 is 5.32 Å². The van der Waals surface area contributed by atoms with Crippen molar-refractivity contribution >= 4 is 11.6 Å². The van der Waals surface area contributed by atoms with Gasteiger partial charge >= 0.3 is 0 Å². The van der Waals surface area contributed by atoms with Crippen molar-refractivity contribution in [2.24, 2.45) is 13.0 Å². The van der Waals surface area contributed by atoms with E-state index in [-0.39, 0.29) is 0 Å². The first-order valence-corrected chi connectivity index (χ1v) is 7.86. The standard InChI is InChI=1S/C16H23ClN4/c1-3-8-18-11-13(10-15-12-21(2)20-19-15)9-14-6-4-5-7-16(14)17/h4-7,12-13,18H,3,8-11H2,1-2H3. The van der Waals surface area contributed by atoms with Crippen molar-refractivity contribution in [1.82, 2.24) is 20.3 Å². The number of nitrogens with one attached hydrogen (secondary N) is 1. The van der Waals surface area contributed by atoms with Gasteiger partial charge in [0.25, 0.3) is 0 Å². The lowest BCUT2D eigenvalue weighted by molar-refractivity contribution is 0.466. The lowest BCUT2D eigenvalue weighted by atomic mass is 9.94. The molecule has 4 nitrogen and oxygen atoms in total. The van der Waals surface area contributed by atoms with E-state index in [9.17, 15) is 0 Å². The summed E-state index contributed by atoms with van der Waals surface area (Å²) < 4.78 is 1.75. The monoisotopic (exact) mass is 306 g/mol. The van der Waals surface area contributed by atoms with Crippen molar-refractivity contribution in [3.63, 3.8) is 0 Å². The number of aryl methyl sites for hydroxylation is 1. The fraction of sp³-hybridized carbons (Fsp3) is 0.500. The summed E-state index contributed by atoms with van der Waals surface area (Å²) >= 11 is 6.28. The van der Waals surface area contributed by atoms with Gasteiger partial charge in [-0.3, -0.25) is 4.68 Å². The molecule has 114 valence electrons. The van der Waals surface area contributed by atoms with Crippen molar-refractivity contribution in [3.8, 4) is 0 Å². The van der Waals surface area contributed by atoms with Crippen LogP contribution in [0.15, 0.2) is 30.5 Å². The highest BCUT2D eigenvalue weighted by Gasteiger charge is 2.14. The van der Waals surface area contributed by atoms with Crippen LogP contribution in [0.3, 0.4) is 0 Å². The Labute approximate surface area is 131 Å². The molecule has 2 aromatic rings. The third-order valence-corrected chi connectivity index (χ3v) is 3.84. The summed E-state index contributed by atoms with van der Waals surface area (Å²) in [6.45, 7) is 4.19. The molecule has 21 heavy (non-hydrogen) atoms. The minimum absolute atomic E-state index is 0.466. The summed E-state index contributed by atoms with van der Waals surface area (Å²) in [6, 6.07) is 8.07. The van der Waals surface area contributed by atoms with Crippen LogP contribution in [0.4, 0.5) is 0 Å². The molecule has 0 aliphatic carbocycles. The molecule has 1 atom stereocenters. The van der Waals surface area contributed by atoms with Gasteiger partial charge in [0.15, 0.2) is 0 Å². The lowest BCUT2D eigenvalue weighted by Gasteiger charge is -2.17. The molecule has 0 radical (unpaired) electrons. The van der Waals surface area contributed by atoms with Crippen LogP contribution in [0, 0.1) is 5.92 Å². The number of halogens is 1. The maximum atomic E-state index is 6.28. The maximum Gasteiger partial charge on any atom is 0.0830 e. The average molecular weight is 307 g/mol. The molecule has 5 heteroatoms. The molecule has 1 aromatic carbocycles. The Kier molecular flexibility index (Phi) is 6.21. The first-order valence-electron chi connectivity index (χ1n) is 7.48. The Morgan fingerprint density at radius 1 is 1.29 bits per heavy atom. The molecule has 0 aliphatic rings. The Morgan fingerprint density at radius 3 is 2.76 bits per heavy atom. The predicted molar refractivity (Wildman–Crippen MR) is 86.5 cm³/mol. The van der Waals surface area contributed by atoms with E-state index >= 15 is 0 Å². The smallest absolute Gasteiger partial charge is 0.0830 e. The molecule has 0 saturated carbocycles. The fourth-order valence-electron chi connectivity index (χ4n) is 2.46. The van der Waals surface area contributed by atoms with Gasteiger partial charge in [0.05, 0.1) is 5.69 Å². The second-order valence-electron chi connectivity index (χ2n) is 5.45. The number of hydrogen-bond donors (Lipinski definition) is 1. The van der Waals surface area contributed by atoms with Gasteiger partial charge in [0.2, 0.25) is 0 Å². The zero-order chi connectivity index (χ0) is 15.1. The molecular formula is C16H23ClN4. The molecule has 1 aromatic heterocycles. The summed E-state index contributed by atoms with van der Waals surface area (Å²) in [5, 5.41) is 12.6. The summed E-state index contributed by atoms with van der Waals surface area (Å²) in [5.41, 5.74) is 2.24. The van der Waals surface area contributed by atoms with Crippen LogP contribution in [-0.2, 0) is 19.9 Å². The molecule has 0 bridgehead atoms. The van der Waals surface area contributed by atoms with E-state index in [1.54, 1.807) is 4.68 Å². The molecule has 0 spiro atoms. The number of nitrogens with zero attached hydrogens (tertiary/aromatic N) is 3. The van der Waals surface area contributed by atoms with Crippen molar-refractivity contribution in [3.05, 3.63) is 46.7 Å². The molecule has 0 aliphatic heterocycles. The highest BCUT2D eigenvalue weighted by molar-refractivity contribution is 6.31. The van der Waals surface area contributed by atoms with Crippen LogP contribution in [-0.4, -0.2) is 28.1 Å². The minimum Gasteiger partial charge on any atom is -0.316 e. The summed E-state index contributed by atoms with van der Waals surface area (Å²) in [7, 11) is 1.90. The van der Waals surface area contributed by atoms with Crippen LogP contribution in [0.25, 0.3) is 0 Å². The third kappa shape index (κ3) is 5.14. The number of aromatic nitrogens is 3. The van der Waals surface area contributed by atoms with Crippen LogP contribution in [0.2, 0.25) is 5.02 Å². The first-order chi connectivity index (χ1) is 10.2. The zero-order valence-corrected chi connectivity index (χ0v) is 13.5. The van der Waals surface area contributed by atoms with Gasteiger partial charge in [-0.15, -0.1) is 5.10 Å². The van der Waals surface area contributed by atoms with Gasteiger partial charge in [-0.05, 0) is 49.9 Å². The van der Waals surface area contributed by atoms with Crippen molar-refractivity contribution in [2.45, 2.75) is 26.2 Å². The van der Waals surface area contributed by atoms with Gasteiger partial charge < -0.3 is 5.32 Å². The Bertz CT molecular complexity index is 553. The Hall–Kier alpha value is -1.39. The SMILES string of the molecule is CCCNCC(Cc1cn(C)nn1)Cc1ccccc1Cl. The van der Waals surface area contributed by atoms with Gasteiger partial charge in [-0.25, -0.2) is 0 Å². The molecule has 0 saturated heterocycles. The topological polar surface area (TPSA) is 42.7 Å². The normalized spacial score (nSPS) is 12.5. The van der Waals surface area contributed by atoms with Crippen LogP contribution in [0.1, 0.15) is 24.6 Å². The van der Waals surface area contributed by atoms with Crippen molar-refractivity contribution < 1.29 is 0 Å². The van der Waals surface area contributed by atoms with Gasteiger partial charge in [0, 0.05) is 18.3 Å². The number of rotatable bonds is 8. The fourth-order valence-corrected chi connectivity index (χ4v) is 2.67. The largest absolute Gasteiger partial charge is 0.316 e. The van der Waals surface area contributed by atoms with E-state index in [1.165, 1.54) is 5.56 Å². The highest BCUT2D eigenvalue weighted by atomic mass is 35.5. The molecule has 0 amide bonds. The molecule has 0 fully saturated rings. The second-order valence-corrected chi connectivity index (χ2v) is 5.86. The third-order valence-electron chi connectivity index (χ3n) is 3.47. The van der Waals surface area contributed by atoms with Crippen molar-refractivity contribution in [2.75, 3.05) is 13.1 Å². The molecule has 2 rings (SSSR count). The highest BCUT2D eigenvalue weighted by Crippen LogP contribution is 2.20. The van der Waals surface area contributed by atoms with E-state index in [4.69, 9.17) is 11.6 Å². The number of hydrogen-bond acceptors (Lipinski definition) is 3. The predicted octanol–water partition coefficient (Wildman–Crippen LogP) is 2.87. The average Bonchev–Trinajstić information content (AvgIpc) is 2.87. The molecule has 1 heterocycles. The summed E-state index contributed by atoms with van der Waals surface area (Å²) in [5.74, 6) is 0.466. The molecular weight excluding hydrogens is 284 g/mol. The first kappa shape index (κ1) is 16.0. The van der Waals surface area contributed by atoms with E-state index in [0.717, 1.165) is 43.1 Å². The van der Waals surface area contributed by atoms with E-state index in [1.807, 2.05) is 31.4 Å². The van der Waals surface area contributed by atoms with Crippen molar-refractivity contribution in [1.29, 1.82) is 0 Å². The zero-order valence-electron chi connectivity index (χ0n) is 12.7. The quantitative estimate of drug-likeness (QED) is 0.763. The second kappa shape index (κ2) is 8.15. The van der Waals surface area contributed by atoms with Gasteiger partial charge in [-0.1, -0.05) is 41.9 Å². The summed E-state index contributed by atoms with van der Waals surface area (Å²) in [6.07, 6.45) is 4.99. The Morgan fingerprint density at radius 2 is 2.10 bits per heavy atom. The van der Waals surface area contributed by atoms with E-state index < -0.39 is 0 Å². The molecule has 1 N–H and O–H groups in total. The molecule has 1 unspecified atom stereocenters. The van der Waals surface area contributed by atoms with Gasteiger partial charge in [0.1, 0.15) is 0 Å². The Balaban J connectivity index is 2.02. The number of benzene rings is 1. The maximum absolute atomic E-state index is 6.28. The van der Waals surface area contributed by atoms with E-state index in [0.29, 0.717) is 5.92 Å². The summed E-state index contributed by atoms with van der Waals surface area (Å²) in [4.78, 5) is 0. The minimum atomic E-state index is 0.466. The van der Waals surface area contributed by atoms with Crippen LogP contribution >= 0.6 is 11.6 Å².